The van der Waals surface area contributed by atoms with Crippen LogP contribution in [0.5, 0.6) is 0 Å². The molecule has 140 valence electrons. The van der Waals surface area contributed by atoms with Crippen LogP contribution >= 0.6 is 0 Å². The van der Waals surface area contributed by atoms with E-state index in [4.69, 9.17) is 0 Å². The van der Waals surface area contributed by atoms with Crippen molar-refractivity contribution >= 4 is 17.7 Å². The molecule has 3 fully saturated rings. The number of carbonyl (C=O) groups is 3. The van der Waals surface area contributed by atoms with Gasteiger partial charge in [-0.3, -0.25) is 14.4 Å². The fourth-order valence-corrected chi connectivity index (χ4v) is 3.96. The van der Waals surface area contributed by atoms with E-state index in [1.165, 1.54) is 6.42 Å². The van der Waals surface area contributed by atoms with Crippen molar-refractivity contribution in [1.82, 2.24) is 14.7 Å². The lowest BCUT2D eigenvalue weighted by molar-refractivity contribution is -0.139. The van der Waals surface area contributed by atoms with Crippen LogP contribution in [-0.4, -0.2) is 71.7 Å². The Balaban J connectivity index is 1.44. The Morgan fingerprint density at radius 1 is 0.840 bits per heavy atom. The average molecular weight is 349 g/mol. The third kappa shape index (κ3) is 4.73. The quantitative estimate of drug-likeness (QED) is 0.775. The summed E-state index contributed by atoms with van der Waals surface area (Å²) in [5, 5.41) is 0. The first-order valence-electron chi connectivity index (χ1n) is 9.99. The summed E-state index contributed by atoms with van der Waals surface area (Å²) in [5.41, 5.74) is 0. The largest absolute Gasteiger partial charge is 0.342 e. The number of rotatable bonds is 4. The van der Waals surface area contributed by atoms with Gasteiger partial charge in [-0.2, -0.15) is 0 Å². The number of hydrogen-bond donors (Lipinski definition) is 0. The highest BCUT2D eigenvalue weighted by Crippen LogP contribution is 2.28. The zero-order chi connectivity index (χ0) is 17.6. The molecule has 2 heterocycles. The summed E-state index contributed by atoms with van der Waals surface area (Å²) in [6, 6.07) is 0. The maximum absolute atomic E-state index is 12.5. The van der Waals surface area contributed by atoms with Crippen LogP contribution in [0.25, 0.3) is 0 Å². The Labute approximate surface area is 150 Å². The summed E-state index contributed by atoms with van der Waals surface area (Å²) in [6.07, 6.45) is 8.23. The van der Waals surface area contributed by atoms with Crippen LogP contribution in [0.1, 0.15) is 57.8 Å². The minimum absolute atomic E-state index is 0.120. The first-order chi connectivity index (χ1) is 12.1. The molecule has 0 spiro atoms. The van der Waals surface area contributed by atoms with E-state index in [9.17, 15) is 14.4 Å². The molecule has 2 saturated heterocycles. The summed E-state index contributed by atoms with van der Waals surface area (Å²) in [7, 11) is 0. The Kier molecular flexibility index (Phi) is 6.32. The van der Waals surface area contributed by atoms with Crippen molar-refractivity contribution in [1.29, 1.82) is 0 Å². The Morgan fingerprint density at radius 2 is 1.60 bits per heavy atom. The molecule has 3 amide bonds. The van der Waals surface area contributed by atoms with Gasteiger partial charge in [0.1, 0.15) is 0 Å². The van der Waals surface area contributed by atoms with Crippen molar-refractivity contribution in [3.63, 3.8) is 0 Å². The van der Waals surface area contributed by atoms with Gasteiger partial charge < -0.3 is 14.7 Å². The number of likely N-dealkylation sites (tertiary alicyclic amines) is 1. The van der Waals surface area contributed by atoms with Gasteiger partial charge in [-0.15, -0.1) is 0 Å². The zero-order valence-corrected chi connectivity index (χ0v) is 15.3. The highest BCUT2D eigenvalue weighted by atomic mass is 16.2. The van der Waals surface area contributed by atoms with Crippen LogP contribution in [0.4, 0.5) is 0 Å². The van der Waals surface area contributed by atoms with Gasteiger partial charge in [-0.25, -0.2) is 0 Å². The first-order valence-corrected chi connectivity index (χ1v) is 9.99. The summed E-state index contributed by atoms with van der Waals surface area (Å²) in [5.74, 6) is 0.834. The SMILES string of the molecule is O=C1CCCCCN1CCC(=O)N1CCCN(C(=O)C2CCC2)CC1. The monoisotopic (exact) mass is 349 g/mol. The van der Waals surface area contributed by atoms with Crippen molar-refractivity contribution in [2.45, 2.75) is 57.8 Å². The third-order valence-corrected chi connectivity index (χ3v) is 5.88. The van der Waals surface area contributed by atoms with E-state index in [1.54, 1.807) is 0 Å². The highest BCUT2D eigenvalue weighted by molar-refractivity contribution is 5.81. The second-order valence-electron chi connectivity index (χ2n) is 7.63. The predicted octanol–water partition coefficient (Wildman–Crippen LogP) is 1.64. The minimum Gasteiger partial charge on any atom is -0.342 e. The van der Waals surface area contributed by atoms with Crippen molar-refractivity contribution in [2.75, 3.05) is 39.3 Å². The van der Waals surface area contributed by atoms with E-state index in [0.29, 0.717) is 32.5 Å². The molecule has 0 bridgehead atoms. The fourth-order valence-electron chi connectivity index (χ4n) is 3.96. The lowest BCUT2D eigenvalue weighted by atomic mass is 9.84. The maximum atomic E-state index is 12.5. The average Bonchev–Trinajstić information content (AvgIpc) is 2.91. The molecule has 0 aromatic carbocycles. The topological polar surface area (TPSA) is 60.9 Å². The lowest BCUT2D eigenvalue weighted by Crippen LogP contribution is -2.42. The van der Waals surface area contributed by atoms with Crippen LogP contribution in [0.3, 0.4) is 0 Å². The first kappa shape index (κ1) is 18.2. The van der Waals surface area contributed by atoms with Crippen LogP contribution < -0.4 is 0 Å². The molecule has 1 saturated carbocycles. The lowest BCUT2D eigenvalue weighted by Gasteiger charge is -2.31. The Bertz CT molecular complexity index is 504. The van der Waals surface area contributed by atoms with E-state index in [2.05, 4.69) is 0 Å². The van der Waals surface area contributed by atoms with Gasteiger partial charge in [-0.05, 0) is 32.1 Å². The Hall–Kier alpha value is -1.59. The second kappa shape index (κ2) is 8.68. The van der Waals surface area contributed by atoms with E-state index >= 15 is 0 Å². The highest BCUT2D eigenvalue weighted by Gasteiger charge is 2.31. The normalized spacial score (nSPS) is 23.0. The standard InChI is InChI=1S/C19H31N3O3/c23-17-8-2-1-3-10-20(17)13-9-18(24)21-11-5-12-22(15-14-21)19(25)16-6-4-7-16/h16H,1-15H2. The van der Waals surface area contributed by atoms with E-state index < -0.39 is 0 Å². The van der Waals surface area contributed by atoms with Crippen LogP contribution in [0, 0.1) is 5.92 Å². The molecule has 3 rings (SSSR count). The molecular weight excluding hydrogens is 318 g/mol. The van der Waals surface area contributed by atoms with Gasteiger partial charge in [0.2, 0.25) is 17.7 Å². The van der Waals surface area contributed by atoms with Gasteiger partial charge >= 0.3 is 0 Å². The smallest absolute Gasteiger partial charge is 0.225 e. The molecule has 0 aromatic heterocycles. The zero-order valence-electron chi connectivity index (χ0n) is 15.3. The number of hydrogen-bond acceptors (Lipinski definition) is 3. The molecule has 0 unspecified atom stereocenters. The van der Waals surface area contributed by atoms with Crippen molar-refractivity contribution in [3.05, 3.63) is 0 Å². The van der Waals surface area contributed by atoms with E-state index in [0.717, 1.165) is 58.2 Å². The summed E-state index contributed by atoms with van der Waals surface area (Å²) in [6.45, 7) is 4.11. The molecule has 0 radical (unpaired) electrons. The predicted molar refractivity (Wildman–Crippen MR) is 94.8 cm³/mol. The minimum atomic E-state index is 0.120. The Morgan fingerprint density at radius 3 is 2.36 bits per heavy atom. The molecule has 0 atom stereocenters. The van der Waals surface area contributed by atoms with Crippen LogP contribution in [-0.2, 0) is 14.4 Å². The van der Waals surface area contributed by atoms with Gasteiger partial charge in [0.05, 0.1) is 0 Å². The molecule has 0 N–H and O–H groups in total. The summed E-state index contributed by atoms with van der Waals surface area (Å²) in [4.78, 5) is 42.7. The number of carbonyl (C=O) groups excluding carboxylic acids is 3. The van der Waals surface area contributed by atoms with E-state index in [-0.39, 0.29) is 23.6 Å². The maximum Gasteiger partial charge on any atom is 0.225 e. The van der Waals surface area contributed by atoms with Crippen LogP contribution in [0.15, 0.2) is 0 Å². The number of nitrogens with zero attached hydrogens (tertiary/aromatic N) is 3. The van der Waals surface area contributed by atoms with E-state index in [1.807, 2.05) is 14.7 Å². The molecule has 2 aliphatic heterocycles. The molecule has 3 aliphatic rings. The van der Waals surface area contributed by atoms with Crippen molar-refractivity contribution in [2.24, 2.45) is 5.92 Å². The molecular formula is C19H31N3O3. The second-order valence-corrected chi connectivity index (χ2v) is 7.63. The van der Waals surface area contributed by atoms with Crippen molar-refractivity contribution in [3.8, 4) is 0 Å². The van der Waals surface area contributed by atoms with Crippen LogP contribution in [0.2, 0.25) is 0 Å². The third-order valence-electron chi connectivity index (χ3n) is 5.88. The molecule has 0 aromatic rings. The summed E-state index contributed by atoms with van der Waals surface area (Å²) < 4.78 is 0. The molecule has 6 heteroatoms. The summed E-state index contributed by atoms with van der Waals surface area (Å²) >= 11 is 0. The molecule has 25 heavy (non-hydrogen) atoms. The van der Waals surface area contributed by atoms with Gasteiger partial charge in [0, 0.05) is 58.0 Å². The van der Waals surface area contributed by atoms with Gasteiger partial charge in [0.25, 0.3) is 0 Å². The molecule has 1 aliphatic carbocycles. The number of amides is 3. The molecule has 6 nitrogen and oxygen atoms in total. The van der Waals surface area contributed by atoms with Gasteiger partial charge in [-0.1, -0.05) is 12.8 Å². The fraction of sp³-hybridized carbons (Fsp3) is 0.842. The van der Waals surface area contributed by atoms with Gasteiger partial charge in [0.15, 0.2) is 0 Å². The van der Waals surface area contributed by atoms with Crippen molar-refractivity contribution < 1.29 is 14.4 Å².